The van der Waals surface area contributed by atoms with Crippen LogP contribution in [0, 0.1) is 0 Å². The van der Waals surface area contributed by atoms with E-state index in [-0.39, 0.29) is 0 Å². The predicted molar refractivity (Wildman–Crippen MR) is 33.3 cm³/mol. The standard InChI is InChI=1S/C6H8B/c1-5-3-4-6(2)7-5/h3-4H,1-2H3. The fourth-order valence-corrected chi connectivity index (χ4v) is 0.718. The van der Waals surface area contributed by atoms with Crippen LogP contribution in [-0.2, 0) is 0 Å². The highest BCUT2D eigenvalue weighted by Crippen LogP contribution is 2.06. The largest absolute Gasteiger partial charge is 0.179 e. The molecule has 0 aromatic heterocycles. The minimum absolute atomic E-state index is 1.36. The van der Waals surface area contributed by atoms with E-state index in [0.29, 0.717) is 0 Å². The molecule has 1 heteroatoms. The molecule has 0 aliphatic carbocycles. The van der Waals surface area contributed by atoms with Gasteiger partial charge in [0.1, 0.15) is 0 Å². The molecule has 0 bridgehead atoms. The highest BCUT2D eigenvalue weighted by molar-refractivity contribution is 6.54. The van der Waals surface area contributed by atoms with Gasteiger partial charge in [0.15, 0.2) is 7.28 Å². The van der Waals surface area contributed by atoms with Crippen molar-refractivity contribution in [3.05, 3.63) is 23.1 Å². The molecule has 0 amide bonds. The molecule has 0 N–H and O–H groups in total. The topological polar surface area (TPSA) is 0 Å². The van der Waals surface area contributed by atoms with E-state index in [2.05, 4.69) is 33.3 Å². The number of hydrogen-bond donors (Lipinski definition) is 0. The van der Waals surface area contributed by atoms with Crippen LogP contribution in [0.15, 0.2) is 23.1 Å². The first kappa shape index (κ1) is 4.70. The van der Waals surface area contributed by atoms with Gasteiger partial charge in [-0.25, -0.2) is 0 Å². The third kappa shape index (κ3) is 0.954. The normalized spacial score (nSPS) is 18.0. The van der Waals surface area contributed by atoms with Crippen molar-refractivity contribution in [2.75, 3.05) is 0 Å². The molecule has 0 aromatic rings. The average molecular weight is 90.9 g/mol. The summed E-state index contributed by atoms with van der Waals surface area (Å²) in [5.74, 6) is 0. The van der Waals surface area contributed by atoms with Crippen molar-refractivity contribution in [3.63, 3.8) is 0 Å². The maximum Gasteiger partial charge on any atom is 0.179 e. The Bertz CT molecular complexity index is 115. The van der Waals surface area contributed by atoms with Gasteiger partial charge in [0, 0.05) is 0 Å². The molecule has 35 valence electrons. The Morgan fingerprint density at radius 3 is 1.71 bits per heavy atom. The first-order valence-corrected chi connectivity index (χ1v) is 2.49. The lowest BCUT2D eigenvalue weighted by Crippen LogP contribution is -1.86. The van der Waals surface area contributed by atoms with Crippen LogP contribution in [-0.4, -0.2) is 7.28 Å². The van der Waals surface area contributed by atoms with Crippen molar-refractivity contribution in [2.45, 2.75) is 13.8 Å². The van der Waals surface area contributed by atoms with Crippen molar-refractivity contribution < 1.29 is 0 Å². The van der Waals surface area contributed by atoms with E-state index >= 15 is 0 Å². The van der Waals surface area contributed by atoms with Gasteiger partial charge in [-0.1, -0.05) is 26.0 Å². The van der Waals surface area contributed by atoms with Gasteiger partial charge < -0.3 is 0 Å². The summed E-state index contributed by atoms with van der Waals surface area (Å²) in [5.41, 5.74) is 2.72. The van der Waals surface area contributed by atoms with Gasteiger partial charge in [0.05, 0.1) is 0 Å². The third-order valence-electron chi connectivity index (χ3n) is 1.06. The van der Waals surface area contributed by atoms with Crippen LogP contribution in [0.5, 0.6) is 0 Å². The molecule has 0 saturated carbocycles. The zero-order valence-electron chi connectivity index (χ0n) is 4.73. The number of allylic oxidation sites excluding steroid dienone is 4. The summed E-state index contributed by atoms with van der Waals surface area (Å²) in [6.07, 6.45) is 4.24. The maximum atomic E-state index is 2.17. The van der Waals surface area contributed by atoms with Crippen LogP contribution in [0.1, 0.15) is 13.8 Å². The quantitative estimate of drug-likeness (QED) is 0.396. The Kier molecular flexibility index (Phi) is 1.05. The monoisotopic (exact) mass is 91.1 g/mol. The van der Waals surface area contributed by atoms with Crippen LogP contribution in [0.3, 0.4) is 0 Å². The minimum atomic E-state index is 1.36. The molecule has 7 heavy (non-hydrogen) atoms. The second-order valence-corrected chi connectivity index (χ2v) is 1.97. The van der Waals surface area contributed by atoms with Crippen LogP contribution < -0.4 is 0 Å². The molecule has 1 rings (SSSR count). The molecule has 0 atom stereocenters. The van der Waals surface area contributed by atoms with E-state index in [1.54, 1.807) is 0 Å². The number of hydrogen-bond acceptors (Lipinski definition) is 0. The zero-order chi connectivity index (χ0) is 5.28. The molecule has 0 saturated heterocycles. The van der Waals surface area contributed by atoms with E-state index in [1.165, 1.54) is 10.9 Å². The lowest BCUT2D eigenvalue weighted by molar-refractivity contribution is 1.66. The molecular formula is C6H8B. The zero-order valence-corrected chi connectivity index (χ0v) is 4.73. The first-order chi connectivity index (χ1) is 3.29. The summed E-state index contributed by atoms with van der Waals surface area (Å²) in [6.45, 7) is 4.21. The highest BCUT2D eigenvalue weighted by atomic mass is 13.8. The van der Waals surface area contributed by atoms with E-state index in [4.69, 9.17) is 0 Å². The van der Waals surface area contributed by atoms with Crippen molar-refractivity contribution in [1.29, 1.82) is 0 Å². The van der Waals surface area contributed by atoms with E-state index in [9.17, 15) is 0 Å². The van der Waals surface area contributed by atoms with E-state index < -0.39 is 0 Å². The molecule has 1 aliphatic heterocycles. The molecule has 0 aromatic carbocycles. The fourth-order valence-electron chi connectivity index (χ4n) is 0.718. The van der Waals surface area contributed by atoms with Gasteiger partial charge in [-0.2, -0.15) is 0 Å². The summed E-state index contributed by atoms with van der Waals surface area (Å²) in [5, 5.41) is 0. The summed E-state index contributed by atoms with van der Waals surface area (Å²) in [6, 6.07) is 0. The second-order valence-electron chi connectivity index (χ2n) is 1.97. The first-order valence-electron chi connectivity index (χ1n) is 2.49. The van der Waals surface area contributed by atoms with Gasteiger partial charge >= 0.3 is 0 Å². The summed E-state index contributed by atoms with van der Waals surface area (Å²) >= 11 is 0. The Labute approximate surface area is 45.2 Å². The van der Waals surface area contributed by atoms with E-state index in [0.717, 1.165) is 0 Å². The Morgan fingerprint density at radius 2 is 1.57 bits per heavy atom. The molecule has 1 aliphatic rings. The molecule has 1 radical (unpaired) electrons. The van der Waals surface area contributed by atoms with Gasteiger partial charge in [0.2, 0.25) is 0 Å². The summed E-state index contributed by atoms with van der Waals surface area (Å²) < 4.78 is 0. The predicted octanol–water partition coefficient (Wildman–Crippen LogP) is 1.51. The van der Waals surface area contributed by atoms with Gasteiger partial charge in [-0.3, -0.25) is 0 Å². The smallest absolute Gasteiger partial charge is 0.106 e. The highest BCUT2D eigenvalue weighted by Gasteiger charge is 1.98. The molecule has 0 spiro atoms. The summed E-state index contributed by atoms with van der Waals surface area (Å²) in [7, 11) is 2.17. The number of rotatable bonds is 0. The summed E-state index contributed by atoms with van der Waals surface area (Å²) in [4.78, 5) is 0. The lowest BCUT2D eigenvalue weighted by atomic mass is 9.68. The Morgan fingerprint density at radius 1 is 1.14 bits per heavy atom. The van der Waals surface area contributed by atoms with Gasteiger partial charge in [0.25, 0.3) is 0 Å². The second kappa shape index (κ2) is 1.57. The molecular weight excluding hydrogens is 82.9 g/mol. The fraction of sp³-hybridized carbons (Fsp3) is 0.333. The van der Waals surface area contributed by atoms with Crippen LogP contribution in [0.25, 0.3) is 0 Å². The van der Waals surface area contributed by atoms with Crippen LogP contribution in [0.2, 0.25) is 0 Å². The van der Waals surface area contributed by atoms with Crippen LogP contribution in [0.4, 0.5) is 0 Å². The average Bonchev–Trinajstić information content (AvgIpc) is 1.87. The van der Waals surface area contributed by atoms with Gasteiger partial charge in [-0.05, 0) is 0 Å². The van der Waals surface area contributed by atoms with Crippen molar-refractivity contribution in [2.24, 2.45) is 0 Å². The van der Waals surface area contributed by atoms with Crippen LogP contribution >= 0.6 is 0 Å². The van der Waals surface area contributed by atoms with E-state index in [1.807, 2.05) is 0 Å². The Hall–Kier alpha value is -0.455. The third-order valence-corrected chi connectivity index (χ3v) is 1.06. The molecule has 0 nitrogen and oxygen atoms in total. The molecule has 0 unspecified atom stereocenters. The molecule has 0 fully saturated rings. The molecule has 1 heterocycles. The lowest BCUT2D eigenvalue weighted by Gasteiger charge is -1.84. The minimum Gasteiger partial charge on any atom is -0.106 e. The van der Waals surface area contributed by atoms with Crippen molar-refractivity contribution in [3.8, 4) is 0 Å². The SMILES string of the molecule is CC1=CC=C(C)[B]1. The van der Waals surface area contributed by atoms with Crippen molar-refractivity contribution >= 4 is 7.28 Å². The van der Waals surface area contributed by atoms with Gasteiger partial charge in [-0.15, -0.1) is 10.9 Å². The Balaban J connectivity index is 2.61. The maximum absolute atomic E-state index is 2.17. The van der Waals surface area contributed by atoms with Crippen molar-refractivity contribution in [1.82, 2.24) is 0 Å².